The summed E-state index contributed by atoms with van der Waals surface area (Å²) in [5.74, 6) is 0.689. The summed E-state index contributed by atoms with van der Waals surface area (Å²) in [6.45, 7) is 12.4. The fourth-order valence-electron chi connectivity index (χ4n) is 3.22. The zero-order valence-corrected chi connectivity index (χ0v) is 18.5. The van der Waals surface area contributed by atoms with Gasteiger partial charge in [0, 0.05) is 0 Å². The summed E-state index contributed by atoms with van der Waals surface area (Å²) in [6, 6.07) is 7.43. The molecule has 2 aromatic carbocycles. The Morgan fingerprint density at radius 1 is 0.833 bits per heavy atom. The fraction of sp³-hybridized carbons (Fsp3) is 0.474. The van der Waals surface area contributed by atoms with Gasteiger partial charge in [0.15, 0.2) is 0 Å². The van der Waals surface area contributed by atoms with Gasteiger partial charge in [0.25, 0.3) is 0 Å². The molecular weight excluding hydrogens is 331 g/mol. The Hall–Kier alpha value is -0.390. The van der Waals surface area contributed by atoms with E-state index in [1.165, 1.54) is 11.1 Å². The van der Waals surface area contributed by atoms with Gasteiger partial charge in [-0.3, -0.25) is 0 Å². The molecule has 0 N–H and O–H groups in total. The Morgan fingerprint density at radius 3 is 1.79 bits per heavy atom. The first kappa shape index (κ1) is 21.7. The van der Waals surface area contributed by atoms with Crippen LogP contribution in [0.5, 0.6) is 0 Å². The van der Waals surface area contributed by atoms with Crippen LogP contribution in [-0.2, 0) is 10.1 Å². The number of hydrogen-bond donors (Lipinski definition) is 0. The van der Waals surface area contributed by atoms with Crippen LogP contribution in [0.15, 0.2) is 29.2 Å². The van der Waals surface area contributed by atoms with Gasteiger partial charge in [0.05, 0.1) is 4.90 Å². The monoisotopic (exact) mass is 356 g/mol. The summed E-state index contributed by atoms with van der Waals surface area (Å²) < 4.78 is 34.9. The van der Waals surface area contributed by atoms with Crippen molar-refractivity contribution < 1.29 is 42.5 Å². The zero-order valence-electron chi connectivity index (χ0n) is 15.7. The predicted molar refractivity (Wildman–Crippen MR) is 94.2 cm³/mol. The van der Waals surface area contributed by atoms with E-state index in [0.717, 1.165) is 10.8 Å². The van der Waals surface area contributed by atoms with Crippen molar-refractivity contribution in [2.24, 2.45) is 0 Å². The summed E-state index contributed by atoms with van der Waals surface area (Å²) in [5.41, 5.74) is 3.13. The van der Waals surface area contributed by atoms with Crippen LogP contribution in [0.1, 0.15) is 76.0 Å². The van der Waals surface area contributed by atoms with Gasteiger partial charge in [-0.25, -0.2) is 8.42 Å². The third-order valence-corrected chi connectivity index (χ3v) is 5.21. The maximum Gasteiger partial charge on any atom is 1.00 e. The molecule has 0 aliphatic rings. The largest absolute Gasteiger partial charge is 1.00 e. The summed E-state index contributed by atoms with van der Waals surface area (Å²) in [4.78, 5) is -0.0907. The first-order chi connectivity index (χ1) is 10.5. The van der Waals surface area contributed by atoms with E-state index in [1.807, 2.05) is 26.0 Å². The van der Waals surface area contributed by atoms with Gasteiger partial charge in [-0.2, -0.15) is 0 Å². The minimum Gasteiger partial charge on any atom is -0.744 e. The summed E-state index contributed by atoms with van der Waals surface area (Å²) >= 11 is 0. The summed E-state index contributed by atoms with van der Waals surface area (Å²) in [5, 5.41) is 1.87. The third-order valence-electron chi connectivity index (χ3n) is 4.32. The molecule has 0 heterocycles. The molecule has 0 saturated heterocycles. The van der Waals surface area contributed by atoms with E-state index >= 15 is 0 Å². The molecule has 2 rings (SSSR count). The van der Waals surface area contributed by atoms with Crippen molar-refractivity contribution in [3.8, 4) is 0 Å². The topological polar surface area (TPSA) is 57.2 Å². The first-order valence-electron chi connectivity index (χ1n) is 8.10. The van der Waals surface area contributed by atoms with Gasteiger partial charge >= 0.3 is 29.6 Å². The van der Waals surface area contributed by atoms with E-state index in [0.29, 0.717) is 17.4 Å². The van der Waals surface area contributed by atoms with E-state index < -0.39 is 10.1 Å². The van der Waals surface area contributed by atoms with E-state index in [2.05, 4.69) is 33.8 Å². The average Bonchev–Trinajstić information content (AvgIpc) is 2.42. The van der Waals surface area contributed by atoms with Crippen LogP contribution in [0, 0.1) is 0 Å². The molecule has 0 unspecified atom stereocenters. The van der Waals surface area contributed by atoms with Crippen LogP contribution in [-0.4, -0.2) is 13.0 Å². The molecule has 5 heteroatoms. The number of hydrogen-bond acceptors (Lipinski definition) is 3. The average molecular weight is 356 g/mol. The van der Waals surface area contributed by atoms with Crippen molar-refractivity contribution in [1.29, 1.82) is 0 Å². The molecule has 2 aromatic rings. The van der Waals surface area contributed by atoms with Crippen LogP contribution >= 0.6 is 0 Å². The molecule has 0 bridgehead atoms. The van der Waals surface area contributed by atoms with Gasteiger partial charge in [0.2, 0.25) is 0 Å². The quantitative estimate of drug-likeness (QED) is 0.623. The summed E-state index contributed by atoms with van der Waals surface area (Å²) in [7, 11) is -4.48. The molecule has 0 saturated carbocycles. The van der Waals surface area contributed by atoms with Crippen LogP contribution in [0.3, 0.4) is 0 Å². The standard InChI is InChI=1S/C19H26O3S.Na/c1-11(2)15-8-7-14-9-18(23(20,21)22)16(12(3)4)10-17(14)19(15)13(5)6;/h7-13H,1-6H3,(H,20,21,22);/q;+1/p-1. The molecule has 0 aliphatic carbocycles. The minimum absolute atomic E-state index is 0. The molecule has 0 atom stereocenters. The zero-order chi connectivity index (χ0) is 17.5. The Bertz CT molecular complexity index is 837. The van der Waals surface area contributed by atoms with Gasteiger partial charge in [-0.1, -0.05) is 53.7 Å². The Balaban J connectivity index is 0.00000288. The Labute approximate surface area is 167 Å². The van der Waals surface area contributed by atoms with Gasteiger partial charge in [0.1, 0.15) is 10.1 Å². The van der Waals surface area contributed by atoms with Gasteiger partial charge in [-0.15, -0.1) is 0 Å². The molecule has 0 spiro atoms. The molecule has 0 aromatic heterocycles. The molecular formula is C19H25NaO3S. The van der Waals surface area contributed by atoms with E-state index in [-0.39, 0.29) is 40.4 Å². The maximum atomic E-state index is 11.6. The molecule has 0 amide bonds. The van der Waals surface area contributed by atoms with Crippen LogP contribution in [0.25, 0.3) is 10.8 Å². The first-order valence-corrected chi connectivity index (χ1v) is 9.51. The van der Waals surface area contributed by atoms with Crippen molar-refractivity contribution in [3.05, 3.63) is 41.0 Å². The predicted octanol–water partition coefficient (Wildman–Crippen LogP) is 2.12. The smallest absolute Gasteiger partial charge is 0.744 e. The number of rotatable bonds is 4. The Kier molecular flexibility index (Phi) is 7.11. The second kappa shape index (κ2) is 7.88. The van der Waals surface area contributed by atoms with Crippen molar-refractivity contribution >= 4 is 20.9 Å². The summed E-state index contributed by atoms with van der Waals surface area (Å²) in [6.07, 6.45) is 0. The van der Waals surface area contributed by atoms with Crippen molar-refractivity contribution in [2.45, 2.75) is 64.2 Å². The second-order valence-corrected chi connectivity index (χ2v) is 8.45. The van der Waals surface area contributed by atoms with Crippen molar-refractivity contribution in [1.82, 2.24) is 0 Å². The fourth-order valence-corrected chi connectivity index (χ4v) is 4.08. The van der Waals surface area contributed by atoms with Crippen molar-refractivity contribution in [3.63, 3.8) is 0 Å². The van der Waals surface area contributed by atoms with E-state index in [1.54, 1.807) is 6.07 Å². The molecule has 24 heavy (non-hydrogen) atoms. The van der Waals surface area contributed by atoms with E-state index in [4.69, 9.17) is 0 Å². The number of fused-ring (bicyclic) bond motifs is 1. The molecule has 0 radical (unpaired) electrons. The molecule has 0 fully saturated rings. The molecule has 0 aliphatic heterocycles. The molecule has 3 nitrogen and oxygen atoms in total. The minimum atomic E-state index is -4.48. The van der Waals surface area contributed by atoms with Crippen LogP contribution in [0.2, 0.25) is 0 Å². The maximum absolute atomic E-state index is 11.6. The van der Waals surface area contributed by atoms with Crippen LogP contribution < -0.4 is 29.6 Å². The SMILES string of the molecule is CC(C)c1cc2c(C(C)C)c(C(C)C)ccc2cc1S(=O)(=O)[O-].[Na+]. The second-order valence-electron chi connectivity index (χ2n) is 7.10. The Morgan fingerprint density at radius 2 is 1.38 bits per heavy atom. The normalized spacial score (nSPS) is 12.2. The van der Waals surface area contributed by atoms with Gasteiger partial charge in [-0.05, 0) is 57.3 Å². The van der Waals surface area contributed by atoms with Crippen molar-refractivity contribution in [2.75, 3.05) is 0 Å². The third kappa shape index (κ3) is 4.23. The van der Waals surface area contributed by atoms with Crippen LogP contribution in [0.4, 0.5) is 0 Å². The van der Waals surface area contributed by atoms with Gasteiger partial charge < -0.3 is 4.55 Å². The van der Waals surface area contributed by atoms with E-state index in [9.17, 15) is 13.0 Å². The molecule has 126 valence electrons. The number of benzene rings is 2.